The second-order valence-corrected chi connectivity index (χ2v) is 6.96. The minimum atomic E-state index is 0.371. The third-order valence-electron chi connectivity index (χ3n) is 4.59. The van der Waals surface area contributed by atoms with Gasteiger partial charge < -0.3 is 19.7 Å². The highest BCUT2D eigenvalue weighted by molar-refractivity contribution is 9.10. The lowest BCUT2D eigenvalue weighted by molar-refractivity contribution is 0.116. The van der Waals surface area contributed by atoms with E-state index in [2.05, 4.69) is 32.2 Å². The van der Waals surface area contributed by atoms with Crippen LogP contribution < -0.4 is 14.8 Å². The van der Waals surface area contributed by atoms with E-state index in [0.29, 0.717) is 6.10 Å². The molecular weight excluding hydrogens is 344 g/mol. The number of piperazine rings is 1. The first-order valence-corrected chi connectivity index (χ1v) is 9.01. The van der Waals surface area contributed by atoms with Gasteiger partial charge in [0.05, 0.1) is 13.2 Å². The smallest absolute Gasteiger partial charge is 0.161 e. The van der Waals surface area contributed by atoms with Crippen molar-refractivity contribution >= 4 is 15.9 Å². The Labute approximate surface area is 141 Å². The van der Waals surface area contributed by atoms with Crippen LogP contribution in [0.4, 0.5) is 0 Å². The molecular formula is C17H25BrN2O2. The first kappa shape index (κ1) is 16.1. The van der Waals surface area contributed by atoms with Gasteiger partial charge in [0.25, 0.3) is 0 Å². The molecule has 0 aromatic heterocycles. The maximum atomic E-state index is 6.09. The minimum absolute atomic E-state index is 0.371. The average molecular weight is 369 g/mol. The second-order valence-electron chi connectivity index (χ2n) is 6.11. The van der Waals surface area contributed by atoms with Crippen LogP contribution in [0.5, 0.6) is 11.5 Å². The lowest BCUT2D eigenvalue weighted by atomic mass is 9.96. The normalized spacial score (nSPS) is 19.7. The van der Waals surface area contributed by atoms with E-state index in [1.165, 1.54) is 12.0 Å². The van der Waals surface area contributed by atoms with E-state index >= 15 is 0 Å². The van der Waals surface area contributed by atoms with Crippen LogP contribution in [0.2, 0.25) is 0 Å². The molecule has 2 aliphatic rings. The predicted octanol–water partition coefficient (Wildman–Crippen LogP) is 2.84. The van der Waals surface area contributed by atoms with Crippen molar-refractivity contribution in [1.29, 1.82) is 0 Å². The number of hydrogen-bond acceptors (Lipinski definition) is 4. The van der Waals surface area contributed by atoms with Crippen molar-refractivity contribution in [2.45, 2.75) is 31.8 Å². The molecule has 1 aliphatic carbocycles. The summed E-state index contributed by atoms with van der Waals surface area (Å²) in [7, 11) is 1.70. The lowest BCUT2D eigenvalue weighted by Gasteiger charge is -2.28. The Kier molecular flexibility index (Phi) is 5.61. The third-order valence-corrected chi connectivity index (χ3v) is 5.32. The molecule has 22 heavy (non-hydrogen) atoms. The Balaban J connectivity index is 1.67. The first-order chi connectivity index (χ1) is 10.8. The maximum absolute atomic E-state index is 6.09. The fourth-order valence-corrected chi connectivity index (χ4v) is 3.42. The summed E-state index contributed by atoms with van der Waals surface area (Å²) in [5.74, 6) is 1.72. The Bertz CT molecular complexity index is 500. The maximum Gasteiger partial charge on any atom is 0.161 e. The van der Waals surface area contributed by atoms with Crippen LogP contribution in [0, 0.1) is 0 Å². The highest BCUT2D eigenvalue weighted by Gasteiger charge is 2.21. The number of nitrogens with zero attached hydrogens (tertiary/aromatic N) is 1. The summed E-state index contributed by atoms with van der Waals surface area (Å²) in [5, 5.41) is 3.40. The number of rotatable bonds is 6. The molecule has 1 heterocycles. The minimum Gasteiger partial charge on any atom is -0.493 e. The second kappa shape index (κ2) is 7.66. The van der Waals surface area contributed by atoms with Gasteiger partial charge in [-0.25, -0.2) is 0 Å². The van der Waals surface area contributed by atoms with Gasteiger partial charge in [-0.2, -0.15) is 0 Å². The SMILES string of the molecule is COc1cc(Br)c(CCN2CCNCC2)cc1OC1CCC1. The molecule has 0 bridgehead atoms. The summed E-state index contributed by atoms with van der Waals surface area (Å²) in [5.41, 5.74) is 1.30. The van der Waals surface area contributed by atoms with Gasteiger partial charge in [0.15, 0.2) is 11.5 Å². The Morgan fingerprint density at radius 1 is 1.23 bits per heavy atom. The Hall–Kier alpha value is -0.780. The van der Waals surface area contributed by atoms with Gasteiger partial charge in [-0.1, -0.05) is 15.9 Å². The molecule has 0 atom stereocenters. The fourth-order valence-electron chi connectivity index (χ4n) is 2.90. The Morgan fingerprint density at radius 3 is 2.64 bits per heavy atom. The van der Waals surface area contributed by atoms with E-state index in [1.807, 2.05) is 6.07 Å². The van der Waals surface area contributed by atoms with E-state index in [-0.39, 0.29) is 0 Å². The average Bonchev–Trinajstić information content (AvgIpc) is 2.51. The highest BCUT2D eigenvalue weighted by Crippen LogP contribution is 2.36. The molecule has 122 valence electrons. The quantitative estimate of drug-likeness (QED) is 0.836. The number of nitrogens with one attached hydrogen (secondary N) is 1. The fraction of sp³-hybridized carbons (Fsp3) is 0.647. The van der Waals surface area contributed by atoms with Gasteiger partial charge in [-0.3, -0.25) is 0 Å². The summed E-state index contributed by atoms with van der Waals surface area (Å²) in [4.78, 5) is 2.51. The molecule has 1 aromatic rings. The standard InChI is InChI=1S/C17H25BrN2O2/c1-21-16-12-15(18)13(5-8-20-9-6-19-7-10-20)11-17(16)22-14-3-2-4-14/h11-12,14,19H,2-10H2,1H3. The molecule has 1 saturated carbocycles. The van der Waals surface area contributed by atoms with Crippen LogP contribution in [0.25, 0.3) is 0 Å². The monoisotopic (exact) mass is 368 g/mol. The van der Waals surface area contributed by atoms with Gasteiger partial charge in [0.1, 0.15) is 0 Å². The summed E-state index contributed by atoms with van der Waals surface area (Å²) in [6.45, 7) is 5.56. The molecule has 4 nitrogen and oxygen atoms in total. The van der Waals surface area contributed by atoms with E-state index in [1.54, 1.807) is 7.11 Å². The highest BCUT2D eigenvalue weighted by atomic mass is 79.9. The number of benzene rings is 1. The lowest BCUT2D eigenvalue weighted by Crippen LogP contribution is -2.44. The van der Waals surface area contributed by atoms with Crippen molar-refractivity contribution in [3.05, 3.63) is 22.2 Å². The van der Waals surface area contributed by atoms with E-state index in [9.17, 15) is 0 Å². The number of halogens is 1. The Morgan fingerprint density at radius 2 is 2.00 bits per heavy atom. The first-order valence-electron chi connectivity index (χ1n) is 8.22. The summed E-state index contributed by atoms with van der Waals surface area (Å²) in [6, 6.07) is 4.20. The van der Waals surface area contributed by atoms with Gasteiger partial charge in [0.2, 0.25) is 0 Å². The zero-order chi connectivity index (χ0) is 15.4. The van der Waals surface area contributed by atoms with Gasteiger partial charge in [-0.05, 0) is 43.4 Å². The van der Waals surface area contributed by atoms with Crippen molar-refractivity contribution in [1.82, 2.24) is 10.2 Å². The molecule has 0 spiro atoms. The molecule has 3 rings (SSSR count). The van der Waals surface area contributed by atoms with E-state index < -0.39 is 0 Å². The molecule has 2 fully saturated rings. The molecule has 0 amide bonds. The van der Waals surface area contributed by atoms with Crippen LogP contribution in [0.15, 0.2) is 16.6 Å². The van der Waals surface area contributed by atoms with Gasteiger partial charge >= 0.3 is 0 Å². The molecule has 0 radical (unpaired) electrons. The molecule has 0 unspecified atom stereocenters. The van der Waals surface area contributed by atoms with Crippen molar-refractivity contribution in [3.8, 4) is 11.5 Å². The van der Waals surface area contributed by atoms with Crippen molar-refractivity contribution in [3.63, 3.8) is 0 Å². The summed E-state index contributed by atoms with van der Waals surface area (Å²) >= 11 is 3.68. The van der Waals surface area contributed by atoms with Crippen molar-refractivity contribution in [2.24, 2.45) is 0 Å². The molecule has 1 aromatic carbocycles. The molecule has 5 heteroatoms. The number of ether oxygens (including phenoxy) is 2. The summed E-state index contributed by atoms with van der Waals surface area (Å²) < 4.78 is 12.7. The van der Waals surface area contributed by atoms with Crippen molar-refractivity contribution in [2.75, 3.05) is 39.8 Å². The zero-order valence-corrected chi connectivity index (χ0v) is 14.8. The van der Waals surface area contributed by atoms with Gasteiger partial charge in [-0.15, -0.1) is 0 Å². The molecule has 1 saturated heterocycles. The molecule has 1 N–H and O–H groups in total. The van der Waals surface area contributed by atoms with Gasteiger partial charge in [0, 0.05) is 37.2 Å². The topological polar surface area (TPSA) is 33.7 Å². The largest absolute Gasteiger partial charge is 0.493 e. The van der Waals surface area contributed by atoms with Crippen LogP contribution >= 0.6 is 15.9 Å². The van der Waals surface area contributed by atoms with Crippen LogP contribution in [0.3, 0.4) is 0 Å². The third kappa shape index (κ3) is 3.94. The van der Waals surface area contributed by atoms with Crippen molar-refractivity contribution < 1.29 is 9.47 Å². The van der Waals surface area contributed by atoms with Crippen LogP contribution in [-0.2, 0) is 6.42 Å². The van der Waals surface area contributed by atoms with Crippen LogP contribution in [0.1, 0.15) is 24.8 Å². The zero-order valence-electron chi connectivity index (χ0n) is 13.2. The molecule has 1 aliphatic heterocycles. The van der Waals surface area contributed by atoms with Crippen LogP contribution in [-0.4, -0.2) is 50.8 Å². The van der Waals surface area contributed by atoms with E-state index in [4.69, 9.17) is 9.47 Å². The summed E-state index contributed by atoms with van der Waals surface area (Å²) in [6.07, 6.45) is 5.01. The number of methoxy groups -OCH3 is 1. The van der Waals surface area contributed by atoms with E-state index in [0.717, 1.165) is 68.0 Å². The predicted molar refractivity (Wildman–Crippen MR) is 92.0 cm³/mol. The number of hydrogen-bond donors (Lipinski definition) is 1.